The van der Waals surface area contributed by atoms with Gasteiger partial charge in [-0.15, -0.1) is 10.2 Å². The minimum absolute atomic E-state index is 0.135. The van der Waals surface area contributed by atoms with Crippen molar-refractivity contribution < 1.29 is 4.79 Å². The van der Waals surface area contributed by atoms with Gasteiger partial charge in [0, 0.05) is 17.7 Å². The highest BCUT2D eigenvalue weighted by atomic mass is 16.1. The summed E-state index contributed by atoms with van der Waals surface area (Å²) >= 11 is 0. The lowest BCUT2D eigenvalue weighted by Crippen LogP contribution is -2.22. The van der Waals surface area contributed by atoms with Gasteiger partial charge in [-0.2, -0.15) is 0 Å². The summed E-state index contributed by atoms with van der Waals surface area (Å²) in [5.74, 6) is 0.590. The standard InChI is InChI=1S/C24H19N5O/c1-16-22-27-28-23(18-10-6-3-7-11-18)29(22)21-14-19(12-13-20(21)26-16)24(30)25-15-17-8-4-2-5-9-17/h2-14H,15H2,1H3,(H,25,30). The van der Waals surface area contributed by atoms with Crippen molar-refractivity contribution in [2.24, 2.45) is 0 Å². The van der Waals surface area contributed by atoms with Crippen molar-refractivity contribution in [2.75, 3.05) is 0 Å². The van der Waals surface area contributed by atoms with Crippen LogP contribution in [0.15, 0.2) is 78.9 Å². The summed E-state index contributed by atoms with van der Waals surface area (Å²) in [5.41, 5.74) is 5.63. The van der Waals surface area contributed by atoms with E-state index in [1.54, 1.807) is 6.07 Å². The summed E-state index contributed by atoms with van der Waals surface area (Å²) < 4.78 is 1.97. The number of fused-ring (bicyclic) bond motifs is 3. The maximum atomic E-state index is 12.8. The summed E-state index contributed by atoms with van der Waals surface area (Å²) in [6.07, 6.45) is 0. The Kier molecular flexibility index (Phi) is 4.44. The van der Waals surface area contributed by atoms with E-state index >= 15 is 0 Å². The molecule has 6 nitrogen and oxygen atoms in total. The molecule has 0 saturated heterocycles. The lowest BCUT2D eigenvalue weighted by atomic mass is 10.1. The third kappa shape index (κ3) is 3.18. The van der Waals surface area contributed by atoms with E-state index in [1.165, 1.54) is 0 Å². The fourth-order valence-electron chi connectivity index (χ4n) is 3.57. The Morgan fingerprint density at radius 1 is 0.933 bits per heavy atom. The normalized spacial score (nSPS) is 11.1. The maximum absolute atomic E-state index is 12.8. The Labute approximate surface area is 173 Å². The quantitative estimate of drug-likeness (QED) is 0.497. The van der Waals surface area contributed by atoms with E-state index in [1.807, 2.05) is 84.1 Å². The van der Waals surface area contributed by atoms with Crippen molar-refractivity contribution in [3.05, 3.63) is 95.7 Å². The third-order valence-corrected chi connectivity index (χ3v) is 5.08. The van der Waals surface area contributed by atoms with Crippen LogP contribution in [-0.4, -0.2) is 25.5 Å². The predicted octanol–water partition coefficient (Wildman–Crippen LogP) is 4.18. The number of rotatable bonds is 4. The second-order valence-electron chi connectivity index (χ2n) is 7.12. The minimum atomic E-state index is -0.135. The molecular weight excluding hydrogens is 374 g/mol. The van der Waals surface area contributed by atoms with Crippen LogP contribution in [0.4, 0.5) is 0 Å². The third-order valence-electron chi connectivity index (χ3n) is 5.08. The maximum Gasteiger partial charge on any atom is 0.251 e. The highest BCUT2D eigenvalue weighted by Gasteiger charge is 2.16. The first-order valence-corrected chi connectivity index (χ1v) is 9.74. The molecule has 0 atom stereocenters. The molecule has 5 rings (SSSR count). The topological polar surface area (TPSA) is 72.2 Å². The number of aryl methyl sites for hydroxylation is 1. The number of nitrogens with one attached hydrogen (secondary N) is 1. The highest BCUT2D eigenvalue weighted by molar-refractivity contribution is 5.97. The molecule has 2 aromatic heterocycles. The van der Waals surface area contributed by atoms with Crippen LogP contribution in [0, 0.1) is 6.92 Å². The lowest BCUT2D eigenvalue weighted by Gasteiger charge is -2.09. The van der Waals surface area contributed by atoms with Gasteiger partial charge in [-0.05, 0) is 30.7 Å². The van der Waals surface area contributed by atoms with Crippen LogP contribution >= 0.6 is 0 Å². The van der Waals surface area contributed by atoms with Crippen molar-refractivity contribution >= 4 is 22.6 Å². The summed E-state index contributed by atoms with van der Waals surface area (Å²) in [6, 6.07) is 25.3. The second kappa shape index (κ2) is 7.40. The van der Waals surface area contributed by atoms with E-state index in [2.05, 4.69) is 20.5 Å². The monoisotopic (exact) mass is 393 g/mol. The smallest absolute Gasteiger partial charge is 0.251 e. The van der Waals surface area contributed by atoms with Crippen LogP contribution < -0.4 is 5.32 Å². The molecular formula is C24H19N5O. The van der Waals surface area contributed by atoms with Crippen molar-refractivity contribution in [3.8, 4) is 11.4 Å². The predicted molar refractivity (Wildman–Crippen MR) is 116 cm³/mol. The van der Waals surface area contributed by atoms with Crippen molar-refractivity contribution in [1.29, 1.82) is 0 Å². The molecule has 146 valence electrons. The molecule has 0 saturated carbocycles. The van der Waals surface area contributed by atoms with Gasteiger partial charge < -0.3 is 5.32 Å². The summed E-state index contributed by atoms with van der Waals surface area (Å²) in [5, 5.41) is 11.7. The summed E-state index contributed by atoms with van der Waals surface area (Å²) in [6.45, 7) is 2.39. The van der Waals surface area contributed by atoms with Gasteiger partial charge in [-0.3, -0.25) is 9.20 Å². The molecule has 1 amide bonds. The molecule has 6 heteroatoms. The summed E-state index contributed by atoms with van der Waals surface area (Å²) in [4.78, 5) is 17.4. The molecule has 1 N–H and O–H groups in total. The number of hydrogen-bond acceptors (Lipinski definition) is 4. The minimum Gasteiger partial charge on any atom is -0.348 e. The van der Waals surface area contributed by atoms with Crippen molar-refractivity contribution in [2.45, 2.75) is 13.5 Å². The fourth-order valence-corrected chi connectivity index (χ4v) is 3.57. The number of amides is 1. The van der Waals surface area contributed by atoms with Crippen LogP contribution in [-0.2, 0) is 6.54 Å². The van der Waals surface area contributed by atoms with Crippen LogP contribution in [0.1, 0.15) is 21.6 Å². The van der Waals surface area contributed by atoms with Crippen LogP contribution in [0.3, 0.4) is 0 Å². The Morgan fingerprint density at radius 3 is 2.43 bits per heavy atom. The van der Waals surface area contributed by atoms with Gasteiger partial charge in [0.05, 0.1) is 16.7 Å². The van der Waals surface area contributed by atoms with Crippen LogP contribution in [0.2, 0.25) is 0 Å². The molecule has 2 heterocycles. The van der Waals surface area contributed by atoms with Gasteiger partial charge in [-0.1, -0.05) is 60.7 Å². The zero-order chi connectivity index (χ0) is 20.5. The molecule has 0 aliphatic carbocycles. The van der Waals surface area contributed by atoms with Crippen molar-refractivity contribution in [1.82, 2.24) is 24.9 Å². The average molecular weight is 393 g/mol. The average Bonchev–Trinajstić information content (AvgIpc) is 3.25. The van der Waals surface area contributed by atoms with Gasteiger partial charge in [0.15, 0.2) is 11.5 Å². The zero-order valence-electron chi connectivity index (χ0n) is 16.4. The van der Waals surface area contributed by atoms with Crippen LogP contribution in [0.5, 0.6) is 0 Å². The van der Waals surface area contributed by atoms with Gasteiger partial charge in [-0.25, -0.2) is 4.98 Å². The highest BCUT2D eigenvalue weighted by Crippen LogP contribution is 2.25. The fraction of sp³-hybridized carbons (Fsp3) is 0.0833. The molecule has 0 bridgehead atoms. The first-order valence-electron chi connectivity index (χ1n) is 9.74. The Balaban J connectivity index is 1.59. The lowest BCUT2D eigenvalue weighted by molar-refractivity contribution is 0.0951. The number of nitrogens with zero attached hydrogens (tertiary/aromatic N) is 4. The van der Waals surface area contributed by atoms with Crippen LogP contribution in [0.25, 0.3) is 28.1 Å². The molecule has 5 aromatic rings. The zero-order valence-corrected chi connectivity index (χ0v) is 16.4. The summed E-state index contributed by atoms with van der Waals surface area (Å²) in [7, 11) is 0. The van der Waals surface area contributed by atoms with E-state index in [0.29, 0.717) is 17.8 Å². The molecule has 0 spiro atoms. The van der Waals surface area contributed by atoms with E-state index in [-0.39, 0.29) is 5.91 Å². The van der Waals surface area contributed by atoms with Gasteiger partial charge in [0.25, 0.3) is 5.91 Å². The number of aromatic nitrogens is 4. The number of carbonyl (C=O) groups is 1. The van der Waals surface area contributed by atoms with Crippen molar-refractivity contribution in [3.63, 3.8) is 0 Å². The number of benzene rings is 3. The van der Waals surface area contributed by atoms with E-state index < -0.39 is 0 Å². The Bertz CT molecular complexity index is 1360. The van der Waals surface area contributed by atoms with E-state index in [4.69, 9.17) is 0 Å². The molecule has 0 fully saturated rings. The molecule has 3 aromatic carbocycles. The Hall–Kier alpha value is -4.06. The van der Waals surface area contributed by atoms with Gasteiger partial charge in [0.2, 0.25) is 0 Å². The first kappa shape index (κ1) is 18.0. The second-order valence-corrected chi connectivity index (χ2v) is 7.12. The molecule has 30 heavy (non-hydrogen) atoms. The SMILES string of the molecule is Cc1nc2ccc(C(=O)NCc3ccccc3)cc2n2c(-c3ccccc3)nnc12. The van der Waals surface area contributed by atoms with Gasteiger partial charge in [0.1, 0.15) is 0 Å². The van der Waals surface area contributed by atoms with E-state index in [0.717, 1.165) is 33.7 Å². The Morgan fingerprint density at radius 2 is 1.67 bits per heavy atom. The molecule has 0 aliphatic rings. The van der Waals surface area contributed by atoms with Gasteiger partial charge >= 0.3 is 0 Å². The number of hydrogen-bond donors (Lipinski definition) is 1. The number of carbonyl (C=O) groups excluding carboxylic acids is 1. The molecule has 0 unspecified atom stereocenters. The molecule has 0 radical (unpaired) electrons. The first-order chi connectivity index (χ1) is 14.7. The van der Waals surface area contributed by atoms with E-state index in [9.17, 15) is 4.79 Å². The molecule has 0 aliphatic heterocycles. The largest absolute Gasteiger partial charge is 0.348 e.